The van der Waals surface area contributed by atoms with Gasteiger partial charge in [-0.1, -0.05) is 36.4 Å². The fourth-order valence-electron chi connectivity index (χ4n) is 1.65. The van der Waals surface area contributed by atoms with Gasteiger partial charge in [0, 0.05) is 5.56 Å². The largest absolute Gasteiger partial charge is 0.396 e. The molecular weight excluding hydrogens is 229 g/mol. The lowest BCUT2D eigenvalue weighted by molar-refractivity contribution is -0.125. The summed E-state index contributed by atoms with van der Waals surface area (Å²) in [6.45, 7) is 0. The van der Waals surface area contributed by atoms with E-state index in [1.807, 2.05) is 12.1 Å². The quantitative estimate of drug-likeness (QED) is 0.723. The van der Waals surface area contributed by atoms with Crippen molar-refractivity contribution in [2.24, 2.45) is 0 Å². The number of benzene rings is 2. The van der Waals surface area contributed by atoms with Crippen molar-refractivity contribution in [1.29, 1.82) is 0 Å². The van der Waals surface area contributed by atoms with Gasteiger partial charge in [-0.25, -0.2) is 0 Å². The van der Waals surface area contributed by atoms with Crippen molar-refractivity contribution in [3.8, 4) is 0 Å². The van der Waals surface area contributed by atoms with Gasteiger partial charge in [0.2, 0.25) is 0 Å². The second-order valence-electron chi connectivity index (χ2n) is 3.78. The van der Waals surface area contributed by atoms with Crippen molar-refractivity contribution in [2.75, 3.05) is 0 Å². The number of halogens is 3. The van der Waals surface area contributed by atoms with Crippen LogP contribution in [0.3, 0.4) is 0 Å². The molecule has 0 aliphatic heterocycles. The minimum atomic E-state index is -4.46. The van der Waals surface area contributed by atoms with Crippen molar-refractivity contribution < 1.29 is 18.0 Å². The zero-order valence-corrected chi connectivity index (χ0v) is 8.79. The number of hydrogen-bond donors (Lipinski definition) is 0. The topological polar surface area (TPSA) is 17.1 Å². The zero-order chi connectivity index (χ0) is 12.5. The summed E-state index contributed by atoms with van der Waals surface area (Å²) in [5.41, 5.74) is 0.0982. The molecule has 2 aromatic rings. The molecule has 1 nitrogen and oxygen atoms in total. The fraction of sp³-hybridized carbons (Fsp3) is 0.154. The van der Waals surface area contributed by atoms with Crippen LogP contribution >= 0.6 is 0 Å². The minimum absolute atomic E-state index is 0.0982. The highest BCUT2D eigenvalue weighted by molar-refractivity contribution is 6.00. The first-order chi connectivity index (χ1) is 7.96. The average Bonchev–Trinajstić information content (AvgIpc) is 2.26. The highest BCUT2D eigenvalue weighted by Gasteiger charge is 2.31. The second-order valence-corrected chi connectivity index (χ2v) is 3.78. The highest BCUT2D eigenvalue weighted by atomic mass is 19.4. The molecule has 0 saturated carbocycles. The van der Waals surface area contributed by atoms with Gasteiger partial charge in [-0.05, 0) is 16.8 Å². The lowest BCUT2D eigenvalue weighted by atomic mass is 10.0. The summed E-state index contributed by atoms with van der Waals surface area (Å²) in [5, 5.41) is 1.66. The van der Waals surface area contributed by atoms with E-state index in [0.717, 1.165) is 10.8 Å². The summed E-state index contributed by atoms with van der Waals surface area (Å²) < 4.78 is 36.3. The normalized spacial score (nSPS) is 11.7. The molecule has 0 amide bonds. The number of ketones is 1. The number of rotatable bonds is 2. The Morgan fingerprint density at radius 3 is 2.29 bits per heavy atom. The molecular formula is C13H9F3O. The predicted molar refractivity (Wildman–Crippen MR) is 59.0 cm³/mol. The van der Waals surface area contributed by atoms with Crippen LogP contribution in [0.15, 0.2) is 42.5 Å². The molecule has 0 heterocycles. The van der Waals surface area contributed by atoms with Crippen LogP contribution < -0.4 is 0 Å². The van der Waals surface area contributed by atoms with Crippen LogP contribution in [0.2, 0.25) is 0 Å². The summed E-state index contributed by atoms with van der Waals surface area (Å²) in [5.74, 6) is -0.900. The van der Waals surface area contributed by atoms with Gasteiger partial charge in [-0.2, -0.15) is 13.2 Å². The Bertz CT molecular complexity index is 558. The van der Waals surface area contributed by atoms with Crippen LogP contribution in [0.1, 0.15) is 16.8 Å². The molecule has 0 radical (unpaired) electrons. The van der Waals surface area contributed by atoms with Gasteiger partial charge in [0.1, 0.15) is 6.42 Å². The lowest BCUT2D eigenvalue weighted by Gasteiger charge is -2.06. The molecule has 0 N–H and O–H groups in total. The number of carbonyl (C=O) groups is 1. The first kappa shape index (κ1) is 11.6. The molecule has 0 aromatic heterocycles. The predicted octanol–water partition coefficient (Wildman–Crippen LogP) is 3.97. The first-order valence-electron chi connectivity index (χ1n) is 5.04. The van der Waals surface area contributed by atoms with Gasteiger partial charge in [-0.3, -0.25) is 4.79 Å². The lowest BCUT2D eigenvalue weighted by Crippen LogP contribution is -2.14. The Morgan fingerprint density at radius 1 is 1.00 bits per heavy atom. The van der Waals surface area contributed by atoms with E-state index in [-0.39, 0.29) is 5.56 Å². The van der Waals surface area contributed by atoms with Crippen LogP contribution in [-0.4, -0.2) is 12.0 Å². The van der Waals surface area contributed by atoms with E-state index in [4.69, 9.17) is 0 Å². The molecule has 2 rings (SSSR count). The van der Waals surface area contributed by atoms with Gasteiger partial charge < -0.3 is 0 Å². The van der Waals surface area contributed by atoms with E-state index >= 15 is 0 Å². The Labute approximate surface area is 95.9 Å². The molecule has 0 bridgehead atoms. The van der Waals surface area contributed by atoms with Crippen LogP contribution in [0.5, 0.6) is 0 Å². The summed E-state index contributed by atoms with van der Waals surface area (Å²) >= 11 is 0. The standard InChI is InChI=1S/C13H9F3O/c14-13(15,16)8-12(17)11-6-5-9-3-1-2-4-10(9)7-11/h1-7H,8H2. The fourth-order valence-corrected chi connectivity index (χ4v) is 1.65. The Morgan fingerprint density at radius 2 is 1.65 bits per heavy atom. The van der Waals surface area contributed by atoms with Crippen molar-refractivity contribution in [3.05, 3.63) is 48.0 Å². The Hall–Kier alpha value is -1.84. The summed E-state index contributed by atoms with van der Waals surface area (Å²) in [6.07, 6.45) is -5.87. The molecule has 88 valence electrons. The van der Waals surface area contributed by atoms with Crippen molar-refractivity contribution >= 4 is 16.6 Å². The van der Waals surface area contributed by atoms with Gasteiger partial charge in [0.05, 0.1) is 0 Å². The maximum atomic E-state index is 12.1. The number of carbonyl (C=O) groups excluding carboxylic acids is 1. The molecule has 2 aromatic carbocycles. The monoisotopic (exact) mass is 238 g/mol. The van der Waals surface area contributed by atoms with E-state index in [1.54, 1.807) is 18.2 Å². The number of Topliss-reactive ketones (excluding diaryl/α,β-unsaturated/α-hetero) is 1. The minimum Gasteiger partial charge on any atom is -0.294 e. The summed E-state index contributed by atoms with van der Waals surface area (Å²) in [6, 6.07) is 11.8. The third-order valence-electron chi connectivity index (χ3n) is 2.43. The van der Waals surface area contributed by atoms with E-state index in [9.17, 15) is 18.0 Å². The van der Waals surface area contributed by atoms with Crippen LogP contribution in [0.4, 0.5) is 13.2 Å². The van der Waals surface area contributed by atoms with E-state index in [1.165, 1.54) is 12.1 Å². The Kier molecular flexibility index (Phi) is 2.88. The zero-order valence-electron chi connectivity index (χ0n) is 8.79. The number of alkyl halides is 3. The molecule has 0 spiro atoms. The average molecular weight is 238 g/mol. The second kappa shape index (κ2) is 4.20. The highest BCUT2D eigenvalue weighted by Crippen LogP contribution is 2.23. The molecule has 0 aliphatic rings. The molecule has 17 heavy (non-hydrogen) atoms. The molecule has 0 saturated heterocycles. The maximum absolute atomic E-state index is 12.1. The smallest absolute Gasteiger partial charge is 0.294 e. The van der Waals surface area contributed by atoms with Gasteiger partial charge in [0.25, 0.3) is 0 Å². The maximum Gasteiger partial charge on any atom is 0.396 e. The van der Waals surface area contributed by atoms with E-state index in [2.05, 4.69) is 0 Å². The van der Waals surface area contributed by atoms with Crippen molar-refractivity contribution in [1.82, 2.24) is 0 Å². The number of hydrogen-bond acceptors (Lipinski definition) is 1. The third-order valence-corrected chi connectivity index (χ3v) is 2.43. The van der Waals surface area contributed by atoms with Crippen LogP contribution in [-0.2, 0) is 0 Å². The first-order valence-corrected chi connectivity index (χ1v) is 5.04. The van der Waals surface area contributed by atoms with E-state index in [0.29, 0.717) is 0 Å². The van der Waals surface area contributed by atoms with Crippen LogP contribution in [0, 0.1) is 0 Å². The van der Waals surface area contributed by atoms with Gasteiger partial charge in [0.15, 0.2) is 5.78 Å². The SMILES string of the molecule is O=C(CC(F)(F)F)c1ccc2ccccc2c1. The molecule has 0 fully saturated rings. The summed E-state index contributed by atoms with van der Waals surface area (Å²) in [7, 11) is 0. The van der Waals surface area contributed by atoms with E-state index < -0.39 is 18.4 Å². The molecule has 0 atom stereocenters. The van der Waals surface area contributed by atoms with Gasteiger partial charge >= 0.3 is 6.18 Å². The third kappa shape index (κ3) is 2.84. The number of fused-ring (bicyclic) bond motifs is 1. The Balaban J connectivity index is 2.33. The van der Waals surface area contributed by atoms with Crippen molar-refractivity contribution in [3.63, 3.8) is 0 Å². The van der Waals surface area contributed by atoms with Gasteiger partial charge in [-0.15, -0.1) is 0 Å². The van der Waals surface area contributed by atoms with Crippen LogP contribution in [0.25, 0.3) is 10.8 Å². The molecule has 4 heteroatoms. The van der Waals surface area contributed by atoms with Crippen molar-refractivity contribution in [2.45, 2.75) is 12.6 Å². The summed E-state index contributed by atoms with van der Waals surface area (Å²) in [4.78, 5) is 11.4. The molecule has 0 unspecified atom stereocenters. The molecule has 0 aliphatic carbocycles.